The first-order valence-corrected chi connectivity index (χ1v) is 11.0. The van der Waals surface area contributed by atoms with E-state index in [0.29, 0.717) is 30.5 Å². The highest BCUT2D eigenvalue weighted by Crippen LogP contribution is 2.24. The van der Waals surface area contributed by atoms with Gasteiger partial charge < -0.3 is 5.11 Å². The minimum Gasteiger partial charge on any atom is -0.478 e. The van der Waals surface area contributed by atoms with Crippen molar-refractivity contribution in [1.29, 1.82) is 0 Å². The molecule has 0 saturated heterocycles. The third-order valence-corrected chi connectivity index (χ3v) is 5.43. The van der Waals surface area contributed by atoms with Gasteiger partial charge in [0, 0.05) is 18.4 Å². The van der Waals surface area contributed by atoms with Gasteiger partial charge in [-0.05, 0) is 47.4 Å². The zero-order chi connectivity index (χ0) is 22.5. The Kier molecular flexibility index (Phi) is 7.16. The number of imidazole rings is 1. The Morgan fingerprint density at radius 2 is 1.65 bits per heavy atom. The van der Waals surface area contributed by atoms with Gasteiger partial charge in [0.15, 0.2) is 0 Å². The summed E-state index contributed by atoms with van der Waals surface area (Å²) in [6.45, 7) is 9.85. The van der Waals surface area contributed by atoms with Gasteiger partial charge in [-0.1, -0.05) is 70.2 Å². The van der Waals surface area contributed by atoms with Crippen LogP contribution in [0.3, 0.4) is 0 Å². The highest BCUT2D eigenvalue weighted by Gasteiger charge is 2.14. The molecule has 0 aliphatic carbocycles. The van der Waals surface area contributed by atoms with E-state index in [4.69, 9.17) is 0 Å². The number of carboxylic acid groups (broad SMARTS) is 1. The van der Waals surface area contributed by atoms with Crippen molar-refractivity contribution in [2.75, 3.05) is 0 Å². The van der Waals surface area contributed by atoms with E-state index in [1.807, 2.05) is 51.7 Å². The topological polar surface area (TPSA) is 64.2 Å². The molecule has 5 heteroatoms. The van der Waals surface area contributed by atoms with Crippen LogP contribution in [0.4, 0.5) is 0 Å². The number of nitrogens with zero attached hydrogens (tertiary/aromatic N) is 2. The number of hydrogen-bond donors (Lipinski definition) is 1. The number of benzene rings is 2. The number of aryl methyl sites for hydroxylation is 1. The lowest BCUT2D eigenvalue weighted by atomic mass is 9.98. The van der Waals surface area contributed by atoms with Gasteiger partial charge in [-0.2, -0.15) is 0 Å². The molecule has 3 aromatic rings. The fourth-order valence-electron chi connectivity index (χ4n) is 3.81. The standard InChI is InChI=1S/C26H32N2O3/c1-18(2)9-14-22-17-27(15-19(3)4)26(31)28(22)16-20-10-12-21(13-11-20)23-7-5-6-8-24(23)25(29)30/h5-8,10-13,17-19H,9,14-16H2,1-4H3,(H,29,30). The highest BCUT2D eigenvalue weighted by atomic mass is 16.4. The van der Waals surface area contributed by atoms with E-state index in [2.05, 4.69) is 27.7 Å². The molecule has 2 aromatic carbocycles. The van der Waals surface area contributed by atoms with Crippen molar-refractivity contribution < 1.29 is 9.90 Å². The molecule has 1 heterocycles. The summed E-state index contributed by atoms with van der Waals surface area (Å²) in [7, 11) is 0. The third kappa shape index (κ3) is 5.54. The van der Waals surface area contributed by atoms with Crippen LogP contribution in [0.2, 0.25) is 0 Å². The van der Waals surface area contributed by atoms with Crippen LogP contribution in [0.5, 0.6) is 0 Å². The van der Waals surface area contributed by atoms with E-state index in [1.54, 1.807) is 12.1 Å². The number of rotatable bonds is 9. The van der Waals surface area contributed by atoms with E-state index >= 15 is 0 Å². The predicted octanol–water partition coefficient (Wildman–Crippen LogP) is 5.31. The van der Waals surface area contributed by atoms with Gasteiger partial charge in [0.1, 0.15) is 0 Å². The van der Waals surface area contributed by atoms with Crippen LogP contribution < -0.4 is 5.69 Å². The Balaban J connectivity index is 1.89. The van der Waals surface area contributed by atoms with Crippen LogP contribution in [0.1, 0.15) is 55.7 Å². The number of carbonyl (C=O) groups is 1. The quantitative estimate of drug-likeness (QED) is 0.510. The van der Waals surface area contributed by atoms with Crippen LogP contribution in [0.25, 0.3) is 11.1 Å². The summed E-state index contributed by atoms with van der Waals surface area (Å²) >= 11 is 0. The van der Waals surface area contributed by atoms with Gasteiger partial charge >= 0.3 is 11.7 Å². The first-order valence-electron chi connectivity index (χ1n) is 11.0. The van der Waals surface area contributed by atoms with E-state index in [1.165, 1.54) is 0 Å². The van der Waals surface area contributed by atoms with Crippen molar-refractivity contribution in [2.45, 2.75) is 53.6 Å². The minimum absolute atomic E-state index is 0.0350. The maximum atomic E-state index is 13.0. The summed E-state index contributed by atoms with van der Waals surface area (Å²) in [5, 5.41) is 9.45. The zero-order valence-electron chi connectivity index (χ0n) is 18.8. The van der Waals surface area contributed by atoms with Gasteiger partial charge in [0.2, 0.25) is 0 Å². The second kappa shape index (κ2) is 9.82. The SMILES string of the molecule is CC(C)CCc1cn(CC(C)C)c(=O)n1Cc1ccc(-c2ccccc2C(=O)O)cc1. The number of carboxylic acids is 1. The normalized spacial score (nSPS) is 11.4. The Hall–Kier alpha value is -3.08. The number of aromatic carboxylic acids is 1. The van der Waals surface area contributed by atoms with Crippen molar-refractivity contribution >= 4 is 5.97 Å². The van der Waals surface area contributed by atoms with E-state index in [-0.39, 0.29) is 11.3 Å². The second-order valence-electron chi connectivity index (χ2n) is 9.02. The molecular formula is C26H32N2O3. The molecule has 0 atom stereocenters. The predicted molar refractivity (Wildman–Crippen MR) is 125 cm³/mol. The van der Waals surface area contributed by atoms with Gasteiger partial charge in [0.05, 0.1) is 12.1 Å². The summed E-state index contributed by atoms with van der Waals surface area (Å²) in [5.41, 5.74) is 3.96. The van der Waals surface area contributed by atoms with Gasteiger partial charge in [-0.15, -0.1) is 0 Å². The van der Waals surface area contributed by atoms with Crippen LogP contribution in [-0.4, -0.2) is 20.2 Å². The summed E-state index contributed by atoms with van der Waals surface area (Å²) in [4.78, 5) is 24.6. The molecule has 0 unspecified atom stereocenters. The molecule has 0 spiro atoms. The molecule has 0 fully saturated rings. The summed E-state index contributed by atoms with van der Waals surface area (Å²) in [6.07, 6.45) is 3.93. The molecule has 1 aromatic heterocycles. The van der Waals surface area contributed by atoms with Gasteiger partial charge in [-0.3, -0.25) is 9.13 Å². The minimum atomic E-state index is -0.937. The fourth-order valence-corrected chi connectivity index (χ4v) is 3.81. The summed E-state index contributed by atoms with van der Waals surface area (Å²) in [5.74, 6) is 0.0400. The van der Waals surface area contributed by atoms with Gasteiger partial charge in [-0.25, -0.2) is 9.59 Å². The van der Waals surface area contributed by atoms with E-state index < -0.39 is 5.97 Å². The van der Waals surface area contributed by atoms with Crippen molar-refractivity contribution in [2.24, 2.45) is 11.8 Å². The molecule has 164 valence electrons. The van der Waals surface area contributed by atoms with Crippen molar-refractivity contribution in [3.8, 4) is 11.1 Å². The lowest BCUT2D eigenvalue weighted by Crippen LogP contribution is -2.26. The van der Waals surface area contributed by atoms with E-state index in [0.717, 1.165) is 29.7 Å². The van der Waals surface area contributed by atoms with Crippen LogP contribution in [0.15, 0.2) is 59.5 Å². The molecule has 0 radical (unpaired) electrons. The molecule has 1 N–H and O–H groups in total. The maximum absolute atomic E-state index is 13.0. The molecular weight excluding hydrogens is 388 g/mol. The average molecular weight is 421 g/mol. The molecule has 31 heavy (non-hydrogen) atoms. The van der Waals surface area contributed by atoms with E-state index in [9.17, 15) is 14.7 Å². The van der Waals surface area contributed by atoms with Gasteiger partial charge in [0.25, 0.3) is 0 Å². The van der Waals surface area contributed by atoms with Crippen LogP contribution in [0, 0.1) is 11.8 Å². The summed E-state index contributed by atoms with van der Waals surface area (Å²) < 4.78 is 3.71. The van der Waals surface area contributed by atoms with Crippen molar-refractivity contribution in [3.63, 3.8) is 0 Å². The number of aromatic nitrogens is 2. The summed E-state index contributed by atoms with van der Waals surface area (Å²) in [6, 6.07) is 14.8. The third-order valence-electron chi connectivity index (χ3n) is 5.43. The fraction of sp³-hybridized carbons (Fsp3) is 0.385. The monoisotopic (exact) mass is 420 g/mol. The number of hydrogen-bond acceptors (Lipinski definition) is 2. The molecule has 0 bridgehead atoms. The molecule has 0 aliphatic rings. The molecule has 0 saturated carbocycles. The Bertz CT molecular complexity index is 1090. The Labute approximate surface area is 184 Å². The first-order chi connectivity index (χ1) is 14.8. The maximum Gasteiger partial charge on any atom is 0.336 e. The molecule has 0 amide bonds. The van der Waals surface area contributed by atoms with Crippen LogP contribution >= 0.6 is 0 Å². The van der Waals surface area contributed by atoms with Crippen LogP contribution in [-0.2, 0) is 19.5 Å². The Morgan fingerprint density at radius 3 is 2.26 bits per heavy atom. The van der Waals surface area contributed by atoms with Crippen molar-refractivity contribution in [3.05, 3.63) is 82.0 Å². The lowest BCUT2D eigenvalue weighted by molar-refractivity contribution is 0.0697. The lowest BCUT2D eigenvalue weighted by Gasteiger charge is -2.10. The zero-order valence-corrected chi connectivity index (χ0v) is 18.8. The molecule has 5 nitrogen and oxygen atoms in total. The highest BCUT2D eigenvalue weighted by molar-refractivity contribution is 5.95. The first kappa shape index (κ1) is 22.6. The second-order valence-corrected chi connectivity index (χ2v) is 9.02. The Morgan fingerprint density at radius 1 is 0.968 bits per heavy atom. The molecule has 0 aliphatic heterocycles. The largest absolute Gasteiger partial charge is 0.478 e. The van der Waals surface area contributed by atoms with Crippen molar-refractivity contribution in [1.82, 2.24) is 9.13 Å². The average Bonchev–Trinajstić information content (AvgIpc) is 3.01. The molecule has 3 rings (SSSR count). The smallest absolute Gasteiger partial charge is 0.336 e.